The number of nitrogens with one attached hydrogen (secondary N) is 1. The van der Waals surface area contributed by atoms with E-state index in [2.05, 4.69) is 85.9 Å². The number of fused-ring (bicyclic) bond motifs is 1. The van der Waals surface area contributed by atoms with Gasteiger partial charge in [-0.2, -0.15) is 0 Å². The van der Waals surface area contributed by atoms with E-state index in [9.17, 15) is 0 Å². The third-order valence-corrected chi connectivity index (χ3v) is 7.39. The van der Waals surface area contributed by atoms with Gasteiger partial charge in [-0.05, 0) is 86.0 Å². The summed E-state index contributed by atoms with van der Waals surface area (Å²) in [5.74, 6) is 1.23. The van der Waals surface area contributed by atoms with Crippen LogP contribution in [0.15, 0.2) is 78.9 Å². The van der Waals surface area contributed by atoms with E-state index in [-0.39, 0.29) is 0 Å². The van der Waals surface area contributed by atoms with E-state index in [1.165, 1.54) is 15.8 Å². The Bertz CT molecular complexity index is 1510. The summed E-state index contributed by atoms with van der Waals surface area (Å²) in [6.45, 7) is 7.70. The average Bonchev–Trinajstić information content (AvgIpc) is 3.32. The largest absolute Gasteiger partial charge is 0.490 e. The highest BCUT2D eigenvalue weighted by Gasteiger charge is 2.13. The Labute approximate surface area is 226 Å². The third-order valence-electron chi connectivity index (χ3n) is 6.05. The van der Waals surface area contributed by atoms with Crippen LogP contribution in [-0.4, -0.2) is 11.6 Å². The minimum absolute atomic E-state index is 0.429. The van der Waals surface area contributed by atoms with Crippen molar-refractivity contribution in [1.82, 2.24) is 4.98 Å². The molecule has 37 heavy (non-hydrogen) atoms. The van der Waals surface area contributed by atoms with Crippen LogP contribution < -0.4 is 14.8 Å². The number of nitrogens with zero attached hydrogens (tertiary/aromatic N) is 1. The Balaban J connectivity index is 1.26. The highest BCUT2D eigenvalue weighted by Crippen LogP contribution is 2.38. The van der Waals surface area contributed by atoms with Crippen molar-refractivity contribution >= 4 is 38.8 Å². The van der Waals surface area contributed by atoms with E-state index >= 15 is 0 Å². The quantitative estimate of drug-likeness (QED) is 0.207. The lowest BCUT2D eigenvalue weighted by atomic mass is 10.1. The molecule has 0 saturated heterocycles. The Morgan fingerprint density at radius 3 is 2.35 bits per heavy atom. The first-order valence-electron chi connectivity index (χ1n) is 12.3. The molecule has 1 heterocycles. The van der Waals surface area contributed by atoms with E-state index in [0.29, 0.717) is 36.3 Å². The second-order valence-electron chi connectivity index (χ2n) is 9.03. The molecule has 0 atom stereocenters. The zero-order chi connectivity index (χ0) is 25.8. The molecule has 0 fully saturated rings. The number of anilines is 1. The summed E-state index contributed by atoms with van der Waals surface area (Å²) < 4.78 is 13.2. The highest BCUT2D eigenvalue weighted by molar-refractivity contribution is 7.21. The van der Waals surface area contributed by atoms with Crippen molar-refractivity contribution in [3.8, 4) is 22.1 Å². The second-order valence-corrected chi connectivity index (χ2v) is 10.5. The molecule has 1 N–H and O–H groups in total. The van der Waals surface area contributed by atoms with Gasteiger partial charge in [0.05, 0.1) is 21.8 Å². The molecule has 0 aliphatic carbocycles. The molecule has 5 aromatic rings. The highest BCUT2D eigenvalue weighted by atomic mass is 35.5. The Morgan fingerprint density at radius 2 is 1.59 bits per heavy atom. The van der Waals surface area contributed by atoms with Gasteiger partial charge in [0.15, 0.2) is 11.5 Å². The van der Waals surface area contributed by atoms with Crippen LogP contribution in [0.25, 0.3) is 20.8 Å². The second kappa shape index (κ2) is 11.2. The zero-order valence-electron chi connectivity index (χ0n) is 21.2. The van der Waals surface area contributed by atoms with Crippen LogP contribution in [0.1, 0.15) is 29.2 Å². The summed E-state index contributed by atoms with van der Waals surface area (Å²) in [7, 11) is 0. The van der Waals surface area contributed by atoms with Gasteiger partial charge in [-0.25, -0.2) is 4.98 Å². The van der Waals surface area contributed by atoms with Gasteiger partial charge in [-0.1, -0.05) is 47.5 Å². The maximum Gasteiger partial charge on any atom is 0.180 e. The summed E-state index contributed by atoms with van der Waals surface area (Å²) in [6, 6.07) is 26.9. The van der Waals surface area contributed by atoms with Crippen molar-refractivity contribution in [2.24, 2.45) is 0 Å². The summed E-state index contributed by atoms with van der Waals surface area (Å²) >= 11 is 8.36. The van der Waals surface area contributed by atoms with Crippen molar-refractivity contribution < 1.29 is 9.47 Å². The minimum Gasteiger partial charge on any atom is -0.490 e. The van der Waals surface area contributed by atoms with Crippen molar-refractivity contribution in [3.05, 3.63) is 106 Å². The van der Waals surface area contributed by atoms with Crippen LogP contribution in [0.4, 0.5) is 5.69 Å². The first-order valence-corrected chi connectivity index (χ1v) is 13.5. The first kappa shape index (κ1) is 25.1. The van der Waals surface area contributed by atoms with Crippen LogP contribution in [0.5, 0.6) is 11.5 Å². The van der Waals surface area contributed by atoms with E-state index in [0.717, 1.165) is 32.9 Å². The van der Waals surface area contributed by atoms with Crippen LogP contribution in [0, 0.1) is 13.8 Å². The fourth-order valence-corrected chi connectivity index (χ4v) is 5.41. The number of benzene rings is 4. The molecular formula is C31H29ClN2O2S. The topological polar surface area (TPSA) is 43.4 Å². The van der Waals surface area contributed by atoms with Gasteiger partial charge >= 0.3 is 0 Å². The third kappa shape index (κ3) is 6.07. The van der Waals surface area contributed by atoms with Crippen molar-refractivity contribution in [2.45, 2.75) is 33.9 Å². The molecule has 0 saturated carbocycles. The summed E-state index contributed by atoms with van der Waals surface area (Å²) in [5, 5.41) is 5.05. The lowest BCUT2D eigenvalue weighted by Gasteiger charge is -2.16. The summed E-state index contributed by atoms with van der Waals surface area (Å²) in [6.07, 6.45) is 0. The molecule has 0 amide bonds. The Morgan fingerprint density at radius 1 is 0.838 bits per heavy atom. The SMILES string of the molecule is CCOc1cc(CNc2ccc(-c3nc4ccc(C)cc4s3)cc2)cc(Cl)c1OCc1ccc(C)cc1. The fraction of sp³-hybridized carbons (Fsp3) is 0.194. The van der Waals surface area contributed by atoms with Gasteiger partial charge in [0.25, 0.3) is 0 Å². The molecule has 5 rings (SSSR count). The van der Waals surface area contributed by atoms with E-state index in [4.69, 9.17) is 26.1 Å². The number of halogens is 1. The lowest BCUT2D eigenvalue weighted by molar-refractivity contribution is 0.269. The molecule has 4 aromatic carbocycles. The van der Waals surface area contributed by atoms with Crippen LogP contribution >= 0.6 is 22.9 Å². The molecule has 0 radical (unpaired) electrons. The molecule has 0 aliphatic heterocycles. The predicted octanol–water partition coefficient (Wildman–Crippen LogP) is 8.82. The van der Waals surface area contributed by atoms with Gasteiger partial charge < -0.3 is 14.8 Å². The Hall–Kier alpha value is -3.54. The molecule has 0 aliphatic rings. The van der Waals surface area contributed by atoms with Gasteiger partial charge in [0.2, 0.25) is 0 Å². The molecule has 0 spiro atoms. The normalized spacial score (nSPS) is 11.0. The molecule has 188 valence electrons. The smallest absolute Gasteiger partial charge is 0.180 e. The number of thiazole rings is 1. The molecule has 6 heteroatoms. The van der Waals surface area contributed by atoms with E-state index < -0.39 is 0 Å². The molecule has 1 aromatic heterocycles. The first-order chi connectivity index (χ1) is 18.0. The van der Waals surface area contributed by atoms with Crippen LogP contribution in [0.2, 0.25) is 5.02 Å². The lowest BCUT2D eigenvalue weighted by Crippen LogP contribution is -2.04. The monoisotopic (exact) mass is 528 g/mol. The molecule has 0 unspecified atom stereocenters. The molecule has 0 bridgehead atoms. The van der Waals surface area contributed by atoms with Crippen molar-refractivity contribution in [2.75, 3.05) is 11.9 Å². The number of aromatic nitrogens is 1. The zero-order valence-corrected chi connectivity index (χ0v) is 22.7. The number of rotatable bonds is 9. The van der Waals surface area contributed by atoms with Gasteiger partial charge in [-0.15, -0.1) is 11.3 Å². The van der Waals surface area contributed by atoms with Crippen molar-refractivity contribution in [3.63, 3.8) is 0 Å². The number of ether oxygens (including phenoxy) is 2. The van der Waals surface area contributed by atoms with Crippen LogP contribution in [-0.2, 0) is 13.2 Å². The van der Waals surface area contributed by atoms with E-state index in [1.807, 2.05) is 19.1 Å². The standard InChI is InChI=1S/C31H29ClN2O2S/c1-4-35-28-17-23(16-26(32)30(28)36-19-22-8-5-20(2)6-9-22)18-33-25-12-10-24(11-13-25)31-34-27-14-7-21(3)15-29(27)37-31/h5-17,33H,4,18-19H2,1-3H3. The fourth-order valence-electron chi connectivity index (χ4n) is 4.06. The molecule has 4 nitrogen and oxygen atoms in total. The predicted molar refractivity (Wildman–Crippen MR) is 155 cm³/mol. The molecular weight excluding hydrogens is 500 g/mol. The number of hydrogen-bond donors (Lipinski definition) is 1. The van der Waals surface area contributed by atoms with Gasteiger partial charge in [0, 0.05) is 17.8 Å². The maximum absolute atomic E-state index is 6.64. The number of aryl methyl sites for hydroxylation is 2. The van der Waals surface area contributed by atoms with Crippen molar-refractivity contribution in [1.29, 1.82) is 0 Å². The number of hydrogen-bond acceptors (Lipinski definition) is 5. The maximum atomic E-state index is 6.64. The summed E-state index contributed by atoms with van der Waals surface area (Å²) in [5.41, 5.74) is 7.74. The summed E-state index contributed by atoms with van der Waals surface area (Å²) in [4.78, 5) is 4.79. The Kier molecular flexibility index (Phi) is 7.63. The minimum atomic E-state index is 0.429. The van der Waals surface area contributed by atoms with Crippen LogP contribution in [0.3, 0.4) is 0 Å². The van der Waals surface area contributed by atoms with E-state index in [1.54, 1.807) is 11.3 Å². The van der Waals surface area contributed by atoms with Gasteiger partial charge in [-0.3, -0.25) is 0 Å². The average molecular weight is 529 g/mol. The van der Waals surface area contributed by atoms with Gasteiger partial charge in [0.1, 0.15) is 11.6 Å².